The molecule has 34 heavy (non-hydrogen) atoms. The summed E-state index contributed by atoms with van der Waals surface area (Å²) in [6.07, 6.45) is 0.141. The highest BCUT2D eigenvalue weighted by Gasteiger charge is 2.51. The molecule has 0 bridgehead atoms. The fourth-order valence-corrected chi connectivity index (χ4v) is 6.06. The molecule has 0 aromatic heterocycles. The van der Waals surface area contributed by atoms with Crippen molar-refractivity contribution in [3.63, 3.8) is 0 Å². The third-order valence-electron chi connectivity index (χ3n) is 5.99. The summed E-state index contributed by atoms with van der Waals surface area (Å²) in [5.74, 6) is -2.58. The van der Waals surface area contributed by atoms with Gasteiger partial charge >= 0.3 is 0 Å². The number of amides is 1. The third kappa shape index (κ3) is 4.57. The monoisotopic (exact) mass is 487 g/mol. The molecule has 2 aliphatic rings. The molecule has 2 atom stereocenters. The number of aliphatic hydroxyl groups excluding tert-OH is 1. The SMILES string of the molecule is CC(C)COc1ccc(C(O)=C2C(=O)C(=O)N([C@H]3CCS(=O)(=O)C3)[C@H]2c2ccccc2F)cc1. The molecule has 0 saturated carbocycles. The molecule has 0 unspecified atom stereocenters. The van der Waals surface area contributed by atoms with Gasteiger partial charge in [-0.1, -0.05) is 32.0 Å². The van der Waals surface area contributed by atoms with Crippen LogP contribution in [-0.4, -0.2) is 54.3 Å². The Balaban J connectivity index is 1.79. The van der Waals surface area contributed by atoms with E-state index in [9.17, 15) is 27.5 Å². The normalized spacial score (nSPS) is 23.6. The van der Waals surface area contributed by atoms with Gasteiger partial charge in [0.15, 0.2) is 9.84 Å². The Bertz CT molecular complexity index is 1250. The van der Waals surface area contributed by atoms with Crippen LogP contribution in [0, 0.1) is 11.7 Å². The molecular weight excluding hydrogens is 461 g/mol. The van der Waals surface area contributed by atoms with E-state index in [1.54, 1.807) is 30.3 Å². The molecule has 9 heteroatoms. The number of ketones is 1. The maximum absolute atomic E-state index is 14.9. The molecule has 2 aromatic carbocycles. The predicted octanol–water partition coefficient (Wildman–Crippen LogP) is 3.47. The van der Waals surface area contributed by atoms with Gasteiger partial charge in [-0.05, 0) is 42.7 Å². The first-order valence-corrected chi connectivity index (χ1v) is 12.9. The van der Waals surface area contributed by atoms with Crippen LogP contribution in [0.5, 0.6) is 5.75 Å². The van der Waals surface area contributed by atoms with E-state index in [0.717, 1.165) is 4.90 Å². The summed E-state index contributed by atoms with van der Waals surface area (Å²) in [7, 11) is -3.39. The first kappa shape index (κ1) is 23.9. The predicted molar refractivity (Wildman–Crippen MR) is 124 cm³/mol. The van der Waals surface area contributed by atoms with Crippen LogP contribution in [-0.2, 0) is 19.4 Å². The second-order valence-corrected chi connectivity index (χ2v) is 11.2. The van der Waals surface area contributed by atoms with Gasteiger partial charge < -0.3 is 14.7 Å². The van der Waals surface area contributed by atoms with E-state index in [2.05, 4.69) is 0 Å². The zero-order chi connectivity index (χ0) is 24.6. The Morgan fingerprint density at radius 3 is 2.41 bits per heavy atom. The minimum absolute atomic E-state index is 0.0180. The number of sulfone groups is 1. The smallest absolute Gasteiger partial charge is 0.295 e. The molecule has 4 rings (SSSR count). The van der Waals surface area contributed by atoms with Crippen LogP contribution >= 0.6 is 0 Å². The minimum Gasteiger partial charge on any atom is -0.507 e. The molecule has 1 N–H and O–H groups in total. The lowest BCUT2D eigenvalue weighted by atomic mass is 9.94. The number of aliphatic hydroxyl groups is 1. The zero-order valence-electron chi connectivity index (χ0n) is 18.9. The zero-order valence-corrected chi connectivity index (χ0v) is 19.7. The molecule has 7 nitrogen and oxygen atoms in total. The number of Topliss-reactive ketones (excluding diaryl/α,β-unsaturated/α-hetero) is 1. The number of hydrogen-bond acceptors (Lipinski definition) is 6. The number of hydrogen-bond donors (Lipinski definition) is 1. The largest absolute Gasteiger partial charge is 0.507 e. The number of carbonyl (C=O) groups excluding carboxylic acids is 2. The van der Waals surface area contributed by atoms with Crippen LogP contribution in [0.3, 0.4) is 0 Å². The van der Waals surface area contributed by atoms with Crippen LogP contribution in [0.4, 0.5) is 4.39 Å². The Labute approximate surface area is 197 Å². The molecule has 0 spiro atoms. The van der Waals surface area contributed by atoms with Crippen LogP contribution in [0.1, 0.15) is 37.4 Å². The van der Waals surface area contributed by atoms with Crippen molar-refractivity contribution in [1.29, 1.82) is 0 Å². The standard InChI is InChI=1S/C25H26FNO6S/c1-15(2)13-33-18-9-7-16(8-10-18)23(28)21-22(19-5-3-4-6-20(19)26)27(25(30)24(21)29)17-11-12-34(31,32)14-17/h3-10,15,17,22,28H,11-14H2,1-2H3/t17-,22-/m0/s1. The molecule has 2 aliphatic heterocycles. The highest BCUT2D eigenvalue weighted by atomic mass is 32.2. The van der Waals surface area contributed by atoms with Crippen molar-refractivity contribution >= 4 is 27.3 Å². The van der Waals surface area contributed by atoms with Crippen molar-refractivity contribution in [2.24, 2.45) is 5.92 Å². The minimum atomic E-state index is -3.39. The Kier molecular flexibility index (Phi) is 6.49. The maximum Gasteiger partial charge on any atom is 0.295 e. The van der Waals surface area contributed by atoms with Crippen molar-refractivity contribution < 1.29 is 32.2 Å². The average Bonchev–Trinajstić information content (AvgIpc) is 3.28. The van der Waals surface area contributed by atoms with Crippen LogP contribution in [0.15, 0.2) is 54.1 Å². The molecule has 0 aliphatic carbocycles. The number of ether oxygens (including phenoxy) is 1. The Morgan fingerprint density at radius 2 is 1.82 bits per heavy atom. The number of halogens is 1. The summed E-state index contributed by atoms with van der Waals surface area (Å²) in [5.41, 5.74) is 0.00922. The van der Waals surface area contributed by atoms with Crippen LogP contribution < -0.4 is 4.74 Å². The van der Waals surface area contributed by atoms with E-state index in [0.29, 0.717) is 18.3 Å². The molecule has 2 saturated heterocycles. The first-order valence-electron chi connectivity index (χ1n) is 11.1. The van der Waals surface area contributed by atoms with Crippen molar-refractivity contribution in [2.75, 3.05) is 18.1 Å². The summed E-state index contributed by atoms with van der Waals surface area (Å²) < 4.78 is 44.7. The fourth-order valence-electron chi connectivity index (χ4n) is 4.35. The van der Waals surface area contributed by atoms with Gasteiger partial charge in [-0.15, -0.1) is 0 Å². The van der Waals surface area contributed by atoms with Crippen molar-refractivity contribution in [3.05, 3.63) is 71.0 Å². The van der Waals surface area contributed by atoms with E-state index < -0.39 is 45.2 Å². The quantitative estimate of drug-likeness (QED) is 0.380. The van der Waals surface area contributed by atoms with Gasteiger partial charge in [0.2, 0.25) is 0 Å². The first-order chi connectivity index (χ1) is 16.1. The van der Waals surface area contributed by atoms with Crippen LogP contribution in [0.2, 0.25) is 0 Å². The molecule has 2 fully saturated rings. The Morgan fingerprint density at radius 1 is 1.15 bits per heavy atom. The second-order valence-electron chi connectivity index (χ2n) is 9.01. The summed E-state index contributed by atoms with van der Waals surface area (Å²) in [4.78, 5) is 27.2. The lowest BCUT2D eigenvalue weighted by Gasteiger charge is -2.30. The van der Waals surface area contributed by atoms with E-state index in [4.69, 9.17) is 4.74 Å². The number of likely N-dealkylation sites (tertiary alicyclic amines) is 1. The van der Waals surface area contributed by atoms with Gasteiger partial charge in [0.05, 0.1) is 29.7 Å². The van der Waals surface area contributed by atoms with Gasteiger partial charge in [-0.3, -0.25) is 9.59 Å². The topological polar surface area (TPSA) is 101 Å². The van der Waals surface area contributed by atoms with Crippen LogP contribution in [0.25, 0.3) is 5.76 Å². The van der Waals surface area contributed by atoms with Crippen molar-refractivity contribution in [1.82, 2.24) is 4.90 Å². The van der Waals surface area contributed by atoms with Gasteiger partial charge in [-0.25, -0.2) is 12.8 Å². The van der Waals surface area contributed by atoms with E-state index in [-0.39, 0.29) is 34.6 Å². The Hall–Kier alpha value is -3.20. The summed E-state index contributed by atoms with van der Waals surface area (Å²) in [5, 5.41) is 11.1. The summed E-state index contributed by atoms with van der Waals surface area (Å²) >= 11 is 0. The number of nitrogens with zero attached hydrogens (tertiary/aromatic N) is 1. The van der Waals surface area contributed by atoms with E-state index in [1.165, 1.54) is 18.2 Å². The van der Waals surface area contributed by atoms with Gasteiger partial charge in [-0.2, -0.15) is 0 Å². The second kappa shape index (κ2) is 9.21. The molecule has 0 radical (unpaired) electrons. The van der Waals surface area contributed by atoms with Crippen molar-refractivity contribution in [2.45, 2.75) is 32.4 Å². The summed E-state index contributed by atoms with van der Waals surface area (Å²) in [6, 6.07) is 10.0. The highest BCUT2D eigenvalue weighted by molar-refractivity contribution is 7.91. The maximum atomic E-state index is 14.9. The molecule has 1 amide bonds. The van der Waals surface area contributed by atoms with E-state index in [1.807, 2.05) is 13.8 Å². The number of rotatable bonds is 6. The van der Waals surface area contributed by atoms with Gasteiger partial charge in [0.25, 0.3) is 11.7 Å². The average molecular weight is 488 g/mol. The molecule has 2 aromatic rings. The molecular formula is C25H26FNO6S. The fraction of sp³-hybridized carbons (Fsp3) is 0.360. The number of benzene rings is 2. The molecule has 2 heterocycles. The van der Waals surface area contributed by atoms with Gasteiger partial charge in [0.1, 0.15) is 17.3 Å². The van der Waals surface area contributed by atoms with Gasteiger partial charge in [0, 0.05) is 17.2 Å². The summed E-state index contributed by atoms with van der Waals surface area (Å²) in [6.45, 7) is 4.53. The highest BCUT2D eigenvalue weighted by Crippen LogP contribution is 2.43. The lowest BCUT2D eigenvalue weighted by molar-refractivity contribution is -0.141. The van der Waals surface area contributed by atoms with Crippen molar-refractivity contribution in [3.8, 4) is 5.75 Å². The van der Waals surface area contributed by atoms with E-state index >= 15 is 0 Å². The molecule has 180 valence electrons. The lowest BCUT2D eigenvalue weighted by Crippen LogP contribution is -2.40. The number of carbonyl (C=O) groups is 2. The third-order valence-corrected chi connectivity index (χ3v) is 7.74.